The van der Waals surface area contributed by atoms with Gasteiger partial charge in [-0.2, -0.15) is 0 Å². The van der Waals surface area contributed by atoms with E-state index >= 15 is 0 Å². The van der Waals surface area contributed by atoms with Crippen molar-refractivity contribution in [3.63, 3.8) is 0 Å². The van der Waals surface area contributed by atoms with E-state index in [0.717, 1.165) is 10.8 Å². The van der Waals surface area contributed by atoms with Crippen molar-refractivity contribution in [2.24, 2.45) is 0 Å². The van der Waals surface area contributed by atoms with Crippen LogP contribution in [0.1, 0.15) is 0 Å². The highest BCUT2D eigenvalue weighted by molar-refractivity contribution is 7.14. The van der Waals surface area contributed by atoms with Crippen molar-refractivity contribution in [2.45, 2.75) is 0 Å². The fourth-order valence-electron chi connectivity index (χ4n) is 1.52. The number of ether oxygens (including phenoxy) is 1. The van der Waals surface area contributed by atoms with Crippen LogP contribution in [0.2, 0.25) is 0 Å². The van der Waals surface area contributed by atoms with Crippen LogP contribution >= 0.6 is 11.3 Å². The molecule has 84 valence electrons. The highest BCUT2D eigenvalue weighted by Gasteiger charge is 2.14. The van der Waals surface area contributed by atoms with Crippen LogP contribution in [0, 0.1) is 5.82 Å². The highest BCUT2D eigenvalue weighted by Crippen LogP contribution is 2.38. The Morgan fingerprint density at radius 3 is 2.69 bits per heavy atom. The Bertz CT molecular complexity index is 483. The summed E-state index contributed by atoms with van der Waals surface area (Å²) in [5, 5.41) is 2.82. The Kier molecular flexibility index (Phi) is 3.10. The van der Waals surface area contributed by atoms with Gasteiger partial charge in [0.2, 0.25) is 0 Å². The lowest BCUT2D eigenvalue weighted by atomic mass is 10.3. The van der Waals surface area contributed by atoms with Crippen molar-refractivity contribution in [1.82, 2.24) is 0 Å². The van der Waals surface area contributed by atoms with Crippen molar-refractivity contribution in [1.29, 1.82) is 0 Å². The summed E-state index contributed by atoms with van der Waals surface area (Å²) in [6.45, 7) is 0. The fourth-order valence-corrected chi connectivity index (χ4v) is 2.37. The molecule has 0 saturated carbocycles. The molecule has 0 saturated heterocycles. The van der Waals surface area contributed by atoms with Gasteiger partial charge in [0.25, 0.3) is 0 Å². The number of methoxy groups -OCH3 is 1. The van der Waals surface area contributed by atoms with E-state index in [-0.39, 0.29) is 5.82 Å². The Balaban J connectivity index is 2.39. The molecule has 0 radical (unpaired) electrons. The van der Waals surface area contributed by atoms with Crippen LogP contribution in [0.25, 0.3) is 0 Å². The van der Waals surface area contributed by atoms with E-state index in [1.54, 1.807) is 24.1 Å². The lowest BCUT2D eigenvalue weighted by molar-refractivity contribution is 0.417. The van der Waals surface area contributed by atoms with Crippen LogP contribution in [-0.2, 0) is 0 Å². The number of benzene rings is 1. The van der Waals surface area contributed by atoms with Crippen molar-refractivity contribution < 1.29 is 9.13 Å². The van der Waals surface area contributed by atoms with Crippen molar-refractivity contribution in [2.75, 3.05) is 19.1 Å². The molecule has 1 aromatic carbocycles. The summed E-state index contributed by atoms with van der Waals surface area (Å²) in [6, 6.07) is 8.56. The first-order valence-corrected chi connectivity index (χ1v) is 5.71. The summed E-state index contributed by atoms with van der Waals surface area (Å²) in [4.78, 5) is 1.79. The number of anilines is 2. The fraction of sp³-hybridized carbons (Fsp3) is 0.167. The van der Waals surface area contributed by atoms with Gasteiger partial charge < -0.3 is 9.64 Å². The molecule has 0 amide bonds. The lowest BCUT2D eigenvalue weighted by Crippen LogP contribution is -2.10. The molecule has 1 heterocycles. The number of hydrogen-bond donors (Lipinski definition) is 0. The third kappa shape index (κ3) is 1.88. The zero-order valence-corrected chi connectivity index (χ0v) is 9.92. The number of thiophene rings is 1. The predicted molar refractivity (Wildman–Crippen MR) is 65.3 cm³/mol. The molecule has 0 spiro atoms. The molecule has 0 N–H and O–H groups in total. The van der Waals surface area contributed by atoms with E-state index in [9.17, 15) is 4.39 Å². The van der Waals surface area contributed by atoms with E-state index in [1.165, 1.54) is 17.4 Å². The number of nitrogens with zero attached hydrogens (tertiary/aromatic N) is 1. The smallest absolute Gasteiger partial charge is 0.153 e. The first-order valence-electron chi connectivity index (χ1n) is 4.83. The molecule has 0 aliphatic rings. The van der Waals surface area contributed by atoms with E-state index in [2.05, 4.69) is 0 Å². The molecule has 0 atom stereocenters. The van der Waals surface area contributed by atoms with Crippen LogP contribution in [0.3, 0.4) is 0 Å². The molecule has 0 aliphatic carbocycles. The summed E-state index contributed by atoms with van der Waals surface area (Å²) in [5.74, 6) is 0.524. The van der Waals surface area contributed by atoms with E-state index in [0.29, 0.717) is 5.69 Å². The van der Waals surface area contributed by atoms with Gasteiger partial charge in [-0.05, 0) is 23.6 Å². The van der Waals surface area contributed by atoms with Crippen molar-refractivity contribution in [3.05, 3.63) is 41.5 Å². The van der Waals surface area contributed by atoms with E-state index in [1.807, 2.05) is 24.6 Å². The summed E-state index contributed by atoms with van der Waals surface area (Å²) >= 11 is 1.52. The van der Waals surface area contributed by atoms with Crippen LogP contribution < -0.4 is 9.64 Å². The highest BCUT2D eigenvalue weighted by atomic mass is 32.1. The Morgan fingerprint density at radius 2 is 2.00 bits per heavy atom. The topological polar surface area (TPSA) is 12.5 Å². The second-order valence-corrected chi connectivity index (χ2v) is 4.20. The van der Waals surface area contributed by atoms with Gasteiger partial charge in [0.05, 0.1) is 12.8 Å². The van der Waals surface area contributed by atoms with Crippen LogP contribution in [0.5, 0.6) is 5.75 Å². The number of hydrogen-bond acceptors (Lipinski definition) is 3. The van der Waals surface area contributed by atoms with Gasteiger partial charge in [-0.1, -0.05) is 12.1 Å². The monoisotopic (exact) mass is 237 g/mol. The molecule has 2 aromatic rings. The molecule has 4 heteroatoms. The quantitative estimate of drug-likeness (QED) is 0.807. The van der Waals surface area contributed by atoms with E-state index in [4.69, 9.17) is 4.74 Å². The van der Waals surface area contributed by atoms with Crippen molar-refractivity contribution >= 4 is 22.0 Å². The van der Waals surface area contributed by atoms with Gasteiger partial charge in [0, 0.05) is 7.05 Å². The Hall–Kier alpha value is -1.55. The van der Waals surface area contributed by atoms with Crippen molar-refractivity contribution in [3.8, 4) is 5.75 Å². The molecule has 16 heavy (non-hydrogen) atoms. The van der Waals surface area contributed by atoms with Crippen LogP contribution in [0.15, 0.2) is 35.7 Å². The van der Waals surface area contributed by atoms with Gasteiger partial charge >= 0.3 is 0 Å². The largest absolute Gasteiger partial charge is 0.494 e. The van der Waals surface area contributed by atoms with Crippen LogP contribution in [0.4, 0.5) is 15.1 Å². The third-order valence-corrected chi connectivity index (χ3v) is 3.32. The van der Waals surface area contributed by atoms with Gasteiger partial charge in [0.1, 0.15) is 10.8 Å². The number of rotatable bonds is 3. The van der Waals surface area contributed by atoms with E-state index < -0.39 is 0 Å². The molecular formula is C12H12FNOS. The predicted octanol–water partition coefficient (Wildman–Crippen LogP) is 3.66. The van der Waals surface area contributed by atoms with Gasteiger partial charge in [-0.15, -0.1) is 11.3 Å². The Morgan fingerprint density at radius 1 is 1.25 bits per heavy atom. The average molecular weight is 237 g/mol. The maximum absolute atomic E-state index is 13.6. The number of halogens is 1. The molecule has 1 aromatic heterocycles. The first-order chi connectivity index (χ1) is 7.74. The normalized spacial score (nSPS) is 10.2. The molecular weight excluding hydrogens is 225 g/mol. The zero-order chi connectivity index (χ0) is 11.5. The van der Waals surface area contributed by atoms with Gasteiger partial charge in [-0.3, -0.25) is 0 Å². The summed E-state index contributed by atoms with van der Waals surface area (Å²) in [5.41, 5.74) is 0.545. The SMILES string of the molecule is COc1ccsc1N(C)c1ccccc1F. The number of para-hydroxylation sites is 1. The summed E-state index contributed by atoms with van der Waals surface area (Å²) in [6.07, 6.45) is 0. The lowest BCUT2D eigenvalue weighted by Gasteiger charge is -2.19. The third-order valence-electron chi connectivity index (χ3n) is 2.35. The average Bonchev–Trinajstić information content (AvgIpc) is 2.77. The summed E-state index contributed by atoms with van der Waals surface area (Å²) < 4.78 is 18.8. The molecule has 0 unspecified atom stereocenters. The Labute approximate surface area is 97.9 Å². The maximum Gasteiger partial charge on any atom is 0.153 e. The molecule has 2 nitrogen and oxygen atoms in total. The van der Waals surface area contributed by atoms with Gasteiger partial charge in [0.15, 0.2) is 5.75 Å². The maximum atomic E-state index is 13.6. The van der Waals surface area contributed by atoms with Crippen LogP contribution in [-0.4, -0.2) is 14.2 Å². The van der Waals surface area contributed by atoms with Gasteiger partial charge in [-0.25, -0.2) is 4.39 Å². The minimum Gasteiger partial charge on any atom is -0.494 e. The minimum atomic E-state index is -0.236. The standard InChI is InChI=1S/C12H12FNOS/c1-14(10-6-4-3-5-9(10)13)12-11(15-2)7-8-16-12/h3-8H,1-2H3. The second-order valence-electron chi connectivity index (χ2n) is 3.30. The molecule has 2 rings (SSSR count). The molecule has 0 aliphatic heterocycles. The first kappa shape index (κ1) is 11.0. The minimum absolute atomic E-state index is 0.236. The summed E-state index contributed by atoms with van der Waals surface area (Å²) in [7, 11) is 3.44. The second kappa shape index (κ2) is 4.53. The molecule has 0 bridgehead atoms. The molecule has 0 fully saturated rings. The zero-order valence-electron chi connectivity index (χ0n) is 9.11.